The number of fused-ring (bicyclic) bond motifs is 1. The third kappa shape index (κ3) is 3.39. The second kappa shape index (κ2) is 7.03. The van der Waals surface area contributed by atoms with E-state index >= 15 is 0 Å². The number of nitrogens with one attached hydrogen (secondary N) is 2. The summed E-state index contributed by atoms with van der Waals surface area (Å²) < 4.78 is 0. The van der Waals surface area contributed by atoms with Crippen LogP contribution in [0.2, 0.25) is 0 Å². The first-order valence-corrected chi connectivity index (χ1v) is 9.11. The van der Waals surface area contributed by atoms with Gasteiger partial charge in [-0.1, -0.05) is 49.8 Å². The second-order valence-corrected chi connectivity index (χ2v) is 6.92. The highest BCUT2D eigenvalue weighted by atomic mass is 15.0. The number of rotatable bonds is 2. The van der Waals surface area contributed by atoms with E-state index in [0.717, 1.165) is 27.8 Å². The molecule has 4 rings (SSSR count). The molecule has 1 aliphatic carbocycles. The lowest BCUT2D eigenvalue weighted by Crippen LogP contribution is -2.30. The molecule has 25 heavy (non-hydrogen) atoms. The van der Waals surface area contributed by atoms with Gasteiger partial charge in [0, 0.05) is 29.4 Å². The first-order chi connectivity index (χ1) is 12.3. The fraction of sp³-hybridized carbons (Fsp3) is 0.318. The van der Waals surface area contributed by atoms with Crippen LogP contribution in [-0.4, -0.2) is 16.0 Å². The van der Waals surface area contributed by atoms with Crippen molar-refractivity contribution in [3.63, 3.8) is 0 Å². The van der Waals surface area contributed by atoms with Gasteiger partial charge in [-0.15, -0.1) is 0 Å². The first kappa shape index (κ1) is 15.8. The molecule has 1 saturated carbocycles. The summed E-state index contributed by atoms with van der Waals surface area (Å²) in [6.07, 6.45) is 8.99. The SMILES string of the molecule is C[C@H]1CCCCC1Nc1c(C#Cc2ccccc2)cnc2[nH]ccc12. The van der Waals surface area contributed by atoms with Crippen molar-refractivity contribution in [2.24, 2.45) is 5.92 Å². The van der Waals surface area contributed by atoms with Crippen LogP contribution in [0.5, 0.6) is 0 Å². The summed E-state index contributed by atoms with van der Waals surface area (Å²) in [7, 11) is 0. The van der Waals surface area contributed by atoms with Crippen LogP contribution in [0.25, 0.3) is 11.0 Å². The Labute approximate surface area is 148 Å². The van der Waals surface area contributed by atoms with E-state index in [1.165, 1.54) is 25.7 Å². The highest BCUT2D eigenvalue weighted by Gasteiger charge is 2.22. The van der Waals surface area contributed by atoms with E-state index in [-0.39, 0.29) is 0 Å². The zero-order valence-corrected chi connectivity index (χ0v) is 14.5. The molecule has 3 nitrogen and oxygen atoms in total. The Bertz CT molecular complexity index is 915. The fourth-order valence-electron chi connectivity index (χ4n) is 3.64. The van der Waals surface area contributed by atoms with Gasteiger partial charge in [0.1, 0.15) is 5.65 Å². The van der Waals surface area contributed by atoms with Crippen LogP contribution < -0.4 is 5.32 Å². The molecule has 2 atom stereocenters. The molecule has 3 heteroatoms. The Balaban J connectivity index is 1.72. The molecule has 1 unspecified atom stereocenters. The maximum absolute atomic E-state index is 4.53. The van der Waals surface area contributed by atoms with Crippen molar-refractivity contribution in [3.8, 4) is 11.8 Å². The quantitative estimate of drug-likeness (QED) is 0.653. The van der Waals surface area contributed by atoms with Gasteiger partial charge in [0.05, 0.1) is 11.3 Å². The zero-order chi connectivity index (χ0) is 17.1. The summed E-state index contributed by atoms with van der Waals surface area (Å²) >= 11 is 0. The fourth-order valence-corrected chi connectivity index (χ4v) is 3.64. The van der Waals surface area contributed by atoms with Gasteiger partial charge < -0.3 is 10.3 Å². The average Bonchev–Trinajstić information content (AvgIpc) is 3.13. The summed E-state index contributed by atoms with van der Waals surface area (Å²) in [4.78, 5) is 7.74. The standard InChI is InChI=1S/C22H23N3/c1-16-7-5-6-10-20(16)25-21-18(12-11-17-8-3-2-4-9-17)15-24-22-19(21)13-14-23-22/h2-4,8-9,13-16,20H,5-7,10H2,1H3,(H2,23,24,25)/t16-,20?/m0/s1. The number of aromatic nitrogens is 2. The lowest BCUT2D eigenvalue weighted by molar-refractivity contribution is 0.349. The van der Waals surface area contributed by atoms with Crippen LogP contribution in [0.1, 0.15) is 43.7 Å². The van der Waals surface area contributed by atoms with E-state index in [0.29, 0.717) is 12.0 Å². The minimum Gasteiger partial charge on any atom is -0.380 e. The predicted octanol–water partition coefficient (Wildman–Crippen LogP) is 4.95. The minimum atomic E-state index is 0.506. The van der Waals surface area contributed by atoms with E-state index in [1.54, 1.807) is 0 Å². The lowest BCUT2D eigenvalue weighted by Gasteiger charge is -2.31. The molecule has 1 fully saturated rings. The molecule has 0 radical (unpaired) electrons. The highest BCUT2D eigenvalue weighted by molar-refractivity contribution is 5.92. The summed E-state index contributed by atoms with van der Waals surface area (Å²) in [6, 6.07) is 12.7. The molecule has 126 valence electrons. The number of hydrogen-bond acceptors (Lipinski definition) is 2. The molecule has 1 aromatic carbocycles. The Morgan fingerprint density at radius 3 is 2.76 bits per heavy atom. The topological polar surface area (TPSA) is 40.7 Å². The summed E-state index contributed by atoms with van der Waals surface area (Å²) in [5.41, 5.74) is 4.02. The summed E-state index contributed by atoms with van der Waals surface area (Å²) in [5, 5.41) is 4.92. The molecule has 1 aliphatic rings. The molecule has 0 spiro atoms. The molecular weight excluding hydrogens is 306 g/mol. The number of anilines is 1. The predicted molar refractivity (Wildman–Crippen MR) is 104 cm³/mol. The van der Waals surface area contributed by atoms with Gasteiger partial charge >= 0.3 is 0 Å². The first-order valence-electron chi connectivity index (χ1n) is 9.11. The van der Waals surface area contributed by atoms with Crippen molar-refractivity contribution < 1.29 is 0 Å². The maximum atomic E-state index is 4.53. The van der Waals surface area contributed by atoms with E-state index in [9.17, 15) is 0 Å². The van der Waals surface area contributed by atoms with Gasteiger partial charge in [-0.2, -0.15) is 0 Å². The lowest BCUT2D eigenvalue weighted by atomic mass is 9.85. The number of benzene rings is 1. The Morgan fingerprint density at radius 1 is 1.08 bits per heavy atom. The number of H-pyrrole nitrogens is 1. The summed E-state index contributed by atoms with van der Waals surface area (Å²) in [5.74, 6) is 7.28. The van der Waals surface area contributed by atoms with Crippen molar-refractivity contribution in [1.29, 1.82) is 0 Å². The molecular formula is C22H23N3. The number of aromatic amines is 1. The van der Waals surface area contributed by atoms with Crippen LogP contribution in [0.3, 0.4) is 0 Å². The van der Waals surface area contributed by atoms with Crippen LogP contribution in [0, 0.1) is 17.8 Å². The largest absolute Gasteiger partial charge is 0.380 e. The van der Waals surface area contributed by atoms with Crippen molar-refractivity contribution in [2.45, 2.75) is 38.6 Å². The highest BCUT2D eigenvalue weighted by Crippen LogP contribution is 2.31. The van der Waals surface area contributed by atoms with Crippen molar-refractivity contribution >= 4 is 16.7 Å². The molecule has 3 aromatic rings. The van der Waals surface area contributed by atoms with Crippen molar-refractivity contribution in [3.05, 3.63) is 59.9 Å². The normalized spacial score (nSPS) is 20.0. The van der Waals surface area contributed by atoms with Gasteiger partial charge in [-0.3, -0.25) is 0 Å². The number of hydrogen-bond donors (Lipinski definition) is 2. The zero-order valence-electron chi connectivity index (χ0n) is 14.5. The van der Waals surface area contributed by atoms with E-state index in [4.69, 9.17) is 0 Å². The van der Waals surface area contributed by atoms with Crippen molar-refractivity contribution in [2.75, 3.05) is 5.32 Å². The molecule has 2 aromatic heterocycles. The Hall–Kier alpha value is -2.73. The van der Waals surface area contributed by atoms with E-state index in [1.807, 2.05) is 42.7 Å². The molecule has 0 bridgehead atoms. The van der Waals surface area contributed by atoms with Gasteiger partial charge in [-0.25, -0.2) is 4.98 Å². The van der Waals surface area contributed by atoms with E-state index < -0.39 is 0 Å². The van der Waals surface area contributed by atoms with Gasteiger partial charge in [-0.05, 0) is 37.0 Å². The van der Waals surface area contributed by atoms with Crippen LogP contribution in [0.4, 0.5) is 5.69 Å². The van der Waals surface area contributed by atoms with Gasteiger partial charge in [0.15, 0.2) is 0 Å². The van der Waals surface area contributed by atoms with E-state index in [2.05, 4.69) is 40.1 Å². The van der Waals surface area contributed by atoms with Crippen LogP contribution in [0.15, 0.2) is 48.8 Å². The third-order valence-corrected chi connectivity index (χ3v) is 5.14. The molecule has 0 aliphatic heterocycles. The van der Waals surface area contributed by atoms with Crippen LogP contribution in [-0.2, 0) is 0 Å². The van der Waals surface area contributed by atoms with Gasteiger partial charge in [0.2, 0.25) is 0 Å². The smallest absolute Gasteiger partial charge is 0.139 e. The Morgan fingerprint density at radius 2 is 1.92 bits per heavy atom. The minimum absolute atomic E-state index is 0.506. The maximum Gasteiger partial charge on any atom is 0.139 e. The van der Waals surface area contributed by atoms with Gasteiger partial charge in [0.25, 0.3) is 0 Å². The van der Waals surface area contributed by atoms with Crippen LogP contribution >= 0.6 is 0 Å². The molecule has 0 saturated heterocycles. The monoisotopic (exact) mass is 329 g/mol. The number of pyridine rings is 1. The number of nitrogens with zero attached hydrogens (tertiary/aromatic N) is 1. The Kier molecular flexibility index (Phi) is 4.43. The molecule has 0 amide bonds. The molecule has 2 N–H and O–H groups in total. The average molecular weight is 329 g/mol. The second-order valence-electron chi connectivity index (χ2n) is 6.92. The van der Waals surface area contributed by atoms with Crippen molar-refractivity contribution in [1.82, 2.24) is 9.97 Å². The third-order valence-electron chi connectivity index (χ3n) is 5.14. The molecule has 2 heterocycles. The summed E-state index contributed by atoms with van der Waals surface area (Å²) in [6.45, 7) is 2.35.